The second kappa shape index (κ2) is 7.92. The van der Waals surface area contributed by atoms with Crippen molar-refractivity contribution in [3.63, 3.8) is 0 Å². The van der Waals surface area contributed by atoms with Gasteiger partial charge < -0.3 is 5.32 Å². The molecular formula is C20H25N3O5S2. The quantitative estimate of drug-likeness (QED) is 0.597. The lowest BCUT2D eigenvalue weighted by Crippen LogP contribution is -2.19. The first kappa shape index (κ1) is 22.1. The van der Waals surface area contributed by atoms with Crippen LogP contribution in [0.15, 0.2) is 35.2 Å². The molecule has 3 rings (SSSR count). The summed E-state index contributed by atoms with van der Waals surface area (Å²) in [5.74, 6) is -0.0410. The van der Waals surface area contributed by atoms with E-state index in [1.807, 2.05) is 0 Å². The lowest BCUT2D eigenvalue weighted by Gasteiger charge is -2.19. The van der Waals surface area contributed by atoms with Crippen LogP contribution in [0.5, 0.6) is 0 Å². The Kier molecular flexibility index (Phi) is 5.83. The molecular weight excluding hydrogens is 426 g/mol. The number of carbonyl (C=O) groups excluding carboxylic acids is 1. The van der Waals surface area contributed by atoms with Gasteiger partial charge in [0.1, 0.15) is 0 Å². The van der Waals surface area contributed by atoms with Crippen molar-refractivity contribution in [3.8, 4) is 0 Å². The van der Waals surface area contributed by atoms with E-state index in [2.05, 4.69) is 14.8 Å². The first-order chi connectivity index (χ1) is 13.9. The predicted octanol–water partition coefficient (Wildman–Crippen LogP) is 3.13. The molecule has 0 heterocycles. The largest absolute Gasteiger partial charge is 0.326 e. The molecule has 0 saturated heterocycles. The summed E-state index contributed by atoms with van der Waals surface area (Å²) in [5, 5.41) is 2.78. The Labute approximate surface area is 177 Å². The molecule has 0 aromatic heterocycles. The van der Waals surface area contributed by atoms with Crippen LogP contribution in [0.3, 0.4) is 0 Å². The molecule has 2 aromatic rings. The summed E-state index contributed by atoms with van der Waals surface area (Å²) in [5.41, 5.74) is 2.47. The molecule has 8 nitrogen and oxygen atoms in total. The Bertz CT molecular complexity index is 1220. The Balaban J connectivity index is 1.94. The molecule has 1 fully saturated rings. The highest BCUT2D eigenvalue weighted by atomic mass is 32.2. The number of sulfonamides is 2. The maximum Gasteiger partial charge on any atom is 0.262 e. The van der Waals surface area contributed by atoms with Crippen molar-refractivity contribution in [1.29, 1.82) is 0 Å². The SMILES string of the molecule is Cc1cc(C)c(S(=O)(=O)Nc2cccc(NC(=O)C3CC3)c2)c(C)c1NS(C)(=O)=O. The van der Waals surface area contributed by atoms with Crippen LogP contribution in [0, 0.1) is 26.7 Å². The van der Waals surface area contributed by atoms with Gasteiger partial charge in [-0.1, -0.05) is 12.1 Å². The number of rotatable bonds is 7. The van der Waals surface area contributed by atoms with Crippen LogP contribution in [0.1, 0.15) is 29.5 Å². The van der Waals surface area contributed by atoms with E-state index in [1.165, 1.54) is 0 Å². The van der Waals surface area contributed by atoms with Gasteiger partial charge in [-0.15, -0.1) is 0 Å². The van der Waals surface area contributed by atoms with Gasteiger partial charge >= 0.3 is 0 Å². The minimum Gasteiger partial charge on any atom is -0.326 e. The number of hydrogen-bond acceptors (Lipinski definition) is 5. The van der Waals surface area contributed by atoms with Gasteiger partial charge in [0.15, 0.2) is 0 Å². The third-order valence-corrected chi connectivity index (χ3v) is 7.03. The van der Waals surface area contributed by atoms with E-state index < -0.39 is 20.0 Å². The van der Waals surface area contributed by atoms with Crippen LogP contribution >= 0.6 is 0 Å². The van der Waals surface area contributed by atoms with E-state index in [1.54, 1.807) is 51.1 Å². The highest BCUT2D eigenvalue weighted by Crippen LogP contribution is 2.33. The third-order valence-electron chi connectivity index (χ3n) is 4.79. The predicted molar refractivity (Wildman–Crippen MR) is 118 cm³/mol. The summed E-state index contributed by atoms with van der Waals surface area (Å²) in [6.45, 7) is 4.93. The van der Waals surface area contributed by atoms with Gasteiger partial charge in [0.25, 0.3) is 10.0 Å². The van der Waals surface area contributed by atoms with Gasteiger partial charge in [-0.2, -0.15) is 0 Å². The van der Waals surface area contributed by atoms with Gasteiger partial charge in [-0.3, -0.25) is 14.2 Å². The van der Waals surface area contributed by atoms with Gasteiger partial charge in [0.05, 0.1) is 22.5 Å². The second-order valence-electron chi connectivity index (χ2n) is 7.66. The summed E-state index contributed by atoms with van der Waals surface area (Å²) < 4.78 is 54.6. The Morgan fingerprint density at radius 3 is 2.17 bits per heavy atom. The maximum absolute atomic E-state index is 13.1. The standard InChI is InChI=1S/C20H25N3O5S2/c1-12-10-13(2)19(14(3)18(12)23-29(4,25)26)30(27,28)22-17-7-5-6-16(11-17)21-20(24)15-8-9-15/h5-7,10-11,15,22-23H,8-9H2,1-4H3,(H,21,24). The second-order valence-corrected chi connectivity index (χ2v) is 11.0. The fourth-order valence-corrected chi connectivity index (χ4v) is 5.59. The molecule has 2 aromatic carbocycles. The molecule has 1 amide bonds. The summed E-state index contributed by atoms with van der Waals surface area (Å²) in [7, 11) is -7.60. The van der Waals surface area contributed by atoms with E-state index in [9.17, 15) is 21.6 Å². The zero-order valence-corrected chi connectivity index (χ0v) is 18.9. The number of aryl methyl sites for hydroxylation is 2. The lowest BCUT2D eigenvalue weighted by molar-refractivity contribution is -0.117. The molecule has 0 spiro atoms. The molecule has 10 heteroatoms. The number of amides is 1. The minimum atomic E-state index is -4.02. The van der Waals surface area contributed by atoms with Gasteiger partial charge in [-0.25, -0.2) is 16.8 Å². The van der Waals surface area contributed by atoms with Gasteiger partial charge in [0, 0.05) is 11.6 Å². The maximum atomic E-state index is 13.1. The molecule has 0 radical (unpaired) electrons. The van der Waals surface area contributed by atoms with Crippen molar-refractivity contribution in [2.75, 3.05) is 21.0 Å². The summed E-state index contributed by atoms with van der Waals surface area (Å²) in [6, 6.07) is 8.09. The number of carbonyl (C=O) groups is 1. The van der Waals surface area contributed by atoms with E-state index >= 15 is 0 Å². The lowest BCUT2D eigenvalue weighted by atomic mass is 10.1. The molecule has 0 atom stereocenters. The molecule has 0 aliphatic heterocycles. The van der Waals surface area contributed by atoms with Crippen molar-refractivity contribution in [2.45, 2.75) is 38.5 Å². The fourth-order valence-electron chi connectivity index (χ4n) is 3.38. The van der Waals surface area contributed by atoms with Gasteiger partial charge in [-0.05, 0) is 68.5 Å². The van der Waals surface area contributed by atoms with Crippen LogP contribution in [-0.2, 0) is 24.8 Å². The van der Waals surface area contributed by atoms with Crippen molar-refractivity contribution < 1.29 is 21.6 Å². The van der Waals surface area contributed by atoms with Crippen LogP contribution in [0.4, 0.5) is 17.1 Å². The number of benzene rings is 2. The molecule has 3 N–H and O–H groups in total. The minimum absolute atomic E-state index is 0.00618. The van der Waals surface area contributed by atoms with E-state index in [4.69, 9.17) is 0 Å². The van der Waals surface area contributed by atoms with Crippen molar-refractivity contribution in [1.82, 2.24) is 0 Å². The highest BCUT2D eigenvalue weighted by Gasteiger charge is 2.29. The third kappa shape index (κ3) is 5.11. The highest BCUT2D eigenvalue weighted by molar-refractivity contribution is 7.93. The van der Waals surface area contributed by atoms with E-state index in [0.29, 0.717) is 28.1 Å². The molecule has 30 heavy (non-hydrogen) atoms. The first-order valence-corrected chi connectivity index (χ1v) is 12.8. The molecule has 1 aliphatic rings. The monoisotopic (exact) mass is 451 g/mol. The van der Waals surface area contributed by atoms with Crippen LogP contribution in [0.25, 0.3) is 0 Å². The molecule has 0 bridgehead atoms. The average Bonchev–Trinajstić information content (AvgIpc) is 3.42. The Hall–Kier alpha value is -2.59. The zero-order valence-electron chi connectivity index (χ0n) is 17.2. The zero-order chi connectivity index (χ0) is 22.3. The Morgan fingerprint density at radius 2 is 1.57 bits per heavy atom. The summed E-state index contributed by atoms with van der Waals surface area (Å²) in [6.07, 6.45) is 2.75. The topological polar surface area (TPSA) is 121 Å². The number of hydrogen-bond donors (Lipinski definition) is 3. The Morgan fingerprint density at radius 1 is 0.933 bits per heavy atom. The molecule has 1 saturated carbocycles. The summed E-state index contributed by atoms with van der Waals surface area (Å²) in [4.78, 5) is 12.0. The van der Waals surface area contributed by atoms with Crippen LogP contribution in [-0.4, -0.2) is 29.0 Å². The smallest absolute Gasteiger partial charge is 0.262 e. The normalized spacial score (nSPS) is 14.3. The van der Waals surface area contributed by atoms with Crippen LogP contribution in [0.2, 0.25) is 0 Å². The number of anilines is 3. The van der Waals surface area contributed by atoms with Crippen LogP contribution < -0.4 is 14.8 Å². The van der Waals surface area contributed by atoms with Crippen molar-refractivity contribution >= 4 is 43.0 Å². The molecule has 1 aliphatic carbocycles. The van der Waals surface area contributed by atoms with E-state index in [-0.39, 0.29) is 22.4 Å². The fraction of sp³-hybridized carbons (Fsp3) is 0.350. The molecule has 162 valence electrons. The summed E-state index contributed by atoms with van der Waals surface area (Å²) >= 11 is 0. The van der Waals surface area contributed by atoms with Crippen molar-refractivity contribution in [2.24, 2.45) is 5.92 Å². The number of nitrogens with one attached hydrogen (secondary N) is 3. The molecule has 0 unspecified atom stereocenters. The first-order valence-electron chi connectivity index (χ1n) is 9.40. The van der Waals surface area contributed by atoms with Gasteiger partial charge in [0.2, 0.25) is 15.9 Å². The van der Waals surface area contributed by atoms with Crippen molar-refractivity contribution in [3.05, 3.63) is 47.0 Å². The van der Waals surface area contributed by atoms with E-state index in [0.717, 1.165) is 19.1 Å². The average molecular weight is 452 g/mol.